The number of ether oxygens (including phenoxy) is 1. The summed E-state index contributed by atoms with van der Waals surface area (Å²) in [4.78, 5) is 0. The molecule has 1 nitrogen and oxygen atoms in total. The quantitative estimate of drug-likeness (QED) is 0.196. The minimum absolute atomic E-state index is 0.632. The van der Waals surface area contributed by atoms with Crippen LogP contribution in [-0.4, -0.2) is 12.7 Å². The summed E-state index contributed by atoms with van der Waals surface area (Å²) in [6, 6.07) is 9.44. The van der Waals surface area contributed by atoms with Crippen LogP contribution in [0.25, 0.3) is 0 Å². The van der Waals surface area contributed by atoms with Gasteiger partial charge in [-0.2, -0.15) is 0 Å². The lowest BCUT2D eigenvalue weighted by Gasteiger charge is -2.12. The number of rotatable bonds is 16. The zero-order valence-electron chi connectivity index (χ0n) is 18.6. The maximum Gasteiger partial charge on any atom is 0.0812 e. The maximum atomic E-state index is 5.54. The van der Waals surface area contributed by atoms with E-state index in [2.05, 4.69) is 13.8 Å². The smallest absolute Gasteiger partial charge is 0.0812 e. The number of benzene rings is 1. The molecule has 1 heterocycles. The molecule has 0 saturated carbocycles. The molecule has 0 spiro atoms. The Morgan fingerprint density at radius 1 is 0.821 bits per heavy atom. The second-order valence-corrected chi connectivity index (χ2v) is 8.88. The Labute approximate surface area is 180 Å². The van der Waals surface area contributed by atoms with Crippen molar-refractivity contribution in [1.82, 2.24) is 0 Å². The predicted molar refractivity (Wildman–Crippen MR) is 125 cm³/mol. The van der Waals surface area contributed by atoms with E-state index in [0.29, 0.717) is 6.10 Å². The molecule has 1 aromatic rings. The SMILES string of the molecule is CCCCCCCCCCCCCCC(CC)CC1CO1.Clc1ccccc1. The van der Waals surface area contributed by atoms with Crippen LogP contribution >= 0.6 is 11.6 Å². The van der Waals surface area contributed by atoms with Crippen molar-refractivity contribution in [3.05, 3.63) is 35.4 Å². The summed E-state index contributed by atoms with van der Waals surface area (Å²) < 4.78 is 5.35. The lowest BCUT2D eigenvalue weighted by atomic mass is 9.93. The topological polar surface area (TPSA) is 12.5 Å². The number of halogens is 1. The number of unbranched alkanes of at least 4 members (excludes halogenated alkanes) is 11. The van der Waals surface area contributed by atoms with E-state index in [1.54, 1.807) is 0 Å². The van der Waals surface area contributed by atoms with Gasteiger partial charge in [-0.3, -0.25) is 0 Å². The van der Waals surface area contributed by atoms with Crippen molar-refractivity contribution < 1.29 is 4.74 Å². The first-order valence-electron chi connectivity index (χ1n) is 12.1. The van der Waals surface area contributed by atoms with Crippen molar-refractivity contribution in [2.75, 3.05) is 6.61 Å². The fourth-order valence-electron chi connectivity index (χ4n) is 3.75. The second-order valence-electron chi connectivity index (χ2n) is 8.44. The van der Waals surface area contributed by atoms with Crippen molar-refractivity contribution in [2.45, 2.75) is 116 Å². The molecule has 2 unspecified atom stereocenters. The average Bonchev–Trinajstić information content (AvgIpc) is 3.53. The Kier molecular flexibility index (Phi) is 16.8. The molecular formula is C26H45ClO. The van der Waals surface area contributed by atoms with E-state index in [-0.39, 0.29) is 0 Å². The van der Waals surface area contributed by atoms with Crippen molar-refractivity contribution in [3.63, 3.8) is 0 Å². The van der Waals surface area contributed by atoms with Gasteiger partial charge in [0.05, 0.1) is 12.7 Å². The molecule has 0 bridgehead atoms. The summed E-state index contributed by atoms with van der Waals surface area (Å²) in [5, 5.41) is 0.794. The van der Waals surface area contributed by atoms with E-state index in [1.807, 2.05) is 30.3 Å². The third-order valence-corrected chi connectivity index (χ3v) is 6.03. The Morgan fingerprint density at radius 3 is 1.71 bits per heavy atom. The summed E-state index contributed by atoms with van der Waals surface area (Å²) in [6.45, 7) is 5.67. The van der Waals surface area contributed by atoms with E-state index >= 15 is 0 Å². The third-order valence-electron chi connectivity index (χ3n) is 5.77. The van der Waals surface area contributed by atoms with Crippen LogP contribution in [0.15, 0.2) is 30.3 Å². The van der Waals surface area contributed by atoms with Crippen LogP contribution in [0.5, 0.6) is 0 Å². The van der Waals surface area contributed by atoms with Gasteiger partial charge in [-0.15, -0.1) is 0 Å². The molecule has 0 amide bonds. The number of hydrogen-bond acceptors (Lipinski definition) is 1. The van der Waals surface area contributed by atoms with E-state index in [9.17, 15) is 0 Å². The highest BCUT2D eigenvalue weighted by molar-refractivity contribution is 6.30. The molecule has 1 saturated heterocycles. The van der Waals surface area contributed by atoms with Crippen LogP contribution in [0.2, 0.25) is 5.02 Å². The summed E-state index contributed by atoms with van der Waals surface area (Å²) in [7, 11) is 0. The van der Waals surface area contributed by atoms with Gasteiger partial charge in [0, 0.05) is 5.02 Å². The zero-order chi connectivity index (χ0) is 20.3. The molecule has 0 aromatic heterocycles. The molecule has 2 rings (SSSR count). The fourth-order valence-corrected chi connectivity index (χ4v) is 3.90. The third kappa shape index (κ3) is 16.4. The Hall–Kier alpha value is -0.530. The van der Waals surface area contributed by atoms with Gasteiger partial charge in [0.2, 0.25) is 0 Å². The first kappa shape index (κ1) is 25.5. The highest BCUT2D eigenvalue weighted by Crippen LogP contribution is 2.26. The number of epoxide rings is 1. The minimum Gasteiger partial charge on any atom is -0.373 e. The summed E-state index contributed by atoms with van der Waals surface area (Å²) in [6.07, 6.45) is 22.2. The summed E-state index contributed by atoms with van der Waals surface area (Å²) >= 11 is 5.54. The van der Waals surface area contributed by atoms with Gasteiger partial charge in [0.1, 0.15) is 0 Å². The standard InChI is InChI=1S/C20H40O.C6H5Cl/c1-3-5-6-7-8-9-10-11-12-13-14-15-16-19(4-2)17-20-18-21-20;7-6-4-2-1-3-5-6/h19-20H,3-18H2,1-2H3;1-5H. The zero-order valence-corrected chi connectivity index (χ0v) is 19.4. The first-order valence-corrected chi connectivity index (χ1v) is 12.5. The predicted octanol–water partition coefficient (Wildman–Crippen LogP) is 9.23. The van der Waals surface area contributed by atoms with E-state index in [1.165, 1.54) is 96.3 Å². The Balaban J connectivity index is 0.000000467. The Morgan fingerprint density at radius 2 is 1.32 bits per heavy atom. The molecule has 2 heteroatoms. The lowest BCUT2D eigenvalue weighted by molar-refractivity contribution is 0.329. The van der Waals surface area contributed by atoms with Gasteiger partial charge in [0.15, 0.2) is 0 Å². The lowest BCUT2D eigenvalue weighted by Crippen LogP contribution is -2.03. The summed E-state index contributed by atoms with van der Waals surface area (Å²) in [5.41, 5.74) is 0. The molecule has 0 N–H and O–H groups in total. The highest BCUT2D eigenvalue weighted by atomic mass is 35.5. The number of hydrogen-bond donors (Lipinski definition) is 0. The van der Waals surface area contributed by atoms with E-state index in [0.717, 1.165) is 17.5 Å². The van der Waals surface area contributed by atoms with Crippen LogP contribution in [0.4, 0.5) is 0 Å². The van der Waals surface area contributed by atoms with E-state index in [4.69, 9.17) is 16.3 Å². The van der Waals surface area contributed by atoms with Gasteiger partial charge < -0.3 is 4.74 Å². The highest BCUT2D eigenvalue weighted by Gasteiger charge is 2.25. The molecule has 162 valence electrons. The average molecular weight is 409 g/mol. The van der Waals surface area contributed by atoms with Crippen molar-refractivity contribution >= 4 is 11.6 Å². The molecule has 2 atom stereocenters. The van der Waals surface area contributed by atoms with Crippen LogP contribution in [0, 0.1) is 5.92 Å². The minimum atomic E-state index is 0.632. The van der Waals surface area contributed by atoms with Crippen LogP contribution in [0.1, 0.15) is 110 Å². The van der Waals surface area contributed by atoms with Crippen molar-refractivity contribution in [2.24, 2.45) is 5.92 Å². The van der Waals surface area contributed by atoms with Gasteiger partial charge in [-0.05, 0) is 24.5 Å². The normalized spacial score (nSPS) is 16.3. The molecule has 1 aliphatic rings. The molecule has 1 aliphatic heterocycles. The van der Waals surface area contributed by atoms with Crippen LogP contribution in [0.3, 0.4) is 0 Å². The first-order chi connectivity index (χ1) is 13.8. The van der Waals surface area contributed by atoms with Crippen molar-refractivity contribution in [1.29, 1.82) is 0 Å². The van der Waals surface area contributed by atoms with Gasteiger partial charge in [-0.1, -0.05) is 134 Å². The largest absolute Gasteiger partial charge is 0.373 e. The summed E-state index contributed by atoms with van der Waals surface area (Å²) in [5.74, 6) is 0.931. The molecule has 28 heavy (non-hydrogen) atoms. The van der Waals surface area contributed by atoms with Crippen LogP contribution in [-0.2, 0) is 4.74 Å². The van der Waals surface area contributed by atoms with Gasteiger partial charge >= 0.3 is 0 Å². The maximum absolute atomic E-state index is 5.54. The van der Waals surface area contributed by atoms with Gasteiger partial charge in [-0.25, -0.2) is 0 Å². The Bertz CT molecular complexity index is 429. The monoisotopic (exact) mass is 408 g/mol. The van der Waals surface area contributed by atoms with Crippen LogP contribution < -0.4 is 0 Å². The van der Waals surface area contributed by atoms with Gasteiger partial charge in [0.25, 0.3) is 0 Å². The molecule has 0 radical (unpaired) electrons. The van der Waals surface area contributed by atoms with E-state index < -0.39 is 0 Å². The van der Waals surface area contributed by atoms with Crippen molar-refractivity contribution in [3.8, 4) is 0 Å². The molecule has 1 aromatic carbocycles. The fraction of sp³-hybridized carbons (Fsp3) is 0.769. The second kappa shape index (κ2) is 18.5. The molecular weight excluding hydrogens is 364 g/mol. The molecule has 1 fully saturated rings. The molecule has 0 aliphatic carbocycles.